The lowest BCUT2D eigenvalue weighted by Gasteiger charge is -2.52. The van der Waals surface area contributed by atoms with Gasteiger partial charge in [-0.25, -0.2) is 8.42 Å². The van der Waals surface area contributed by atoms with Gasteiger partial charge in [0, 0.05) is 24.8 Å². The molecular weight excluding hydrogens is 268 g/mol. The van der Waals surface area contributed by atoms with Crippen molar-refractivity contribution in [3.8, 4) is 0 Å². The van der Waals surface area contributed by atoms with E-state index < -0.39 is 20.5 Å². The fourth-order valence-electron chi connectivity index (χ4n) is 2.62. The van der Waals surface area contributed by atoms with Gasteiger partial charge in [-0.3, -0.25) is 4.79 Å². The van der Waals surface area contributed by atoms with Crippen LogP contribution in [0.2, 0.25) is 0 Å². The molecule has 0 aromatic carbocycles. The Morgan fingerprint density at radius 3 is 2.63 bits per heavy atom. The summed E-state index contributed by atoms with van der Waals surface area (Å²) in [6.45, 7) is 3.48. The molecule has 1 amide bonds. The van der Waals surface area contributed by atoms with E-state index >= 15 is 0 Å². The molecule has 2 fully saturated rings. The average Bonchev–Trinajstić information content (AvgIpc) is 2.33. The Morgan fingerprint density at radius 1 is 1.42 bits per heavy atom. The van der Waals surface area contributed by atoms with Crippen LogP contribution in [0.25, 0.3) is 0 Å². The van der Waals surface area contributed by atoms with Crippen molar-refractivity contribution < 1.29 is 17.9 Å². The van der Waals surface area contributed by atoms with E-state index in [2.05, 4.69) is 5.32 Å². The largest absolute Gasteiger partial charge is 0.376 e. The summed E-state index contributed by atoms with van der Waals surface area (Å²) in [4.78, 5) is 12.1. The number of fused-ring (bicyclic) bond motifs is 1. The zero-order valence-corrected chi connectivity index (χ0v) is 12.4. The Kier molecular flexibility index (Phi) is 3.66. The third-order valence-corrected chi connectivity index (χ3v) is 6.49. The molecule has 110 valence electrons. The molecule has 0 radical (unpaired) electrons. The molecule has 1 aliphatic carbocycles. The Balaban J connectivity index is 2.04. The van der Waals surface area contributed by atoms with Gasteiger partial charge in [-0.1, -0.05) is 0 Å². The third kappa shape index (κ3) is 2.39. The van der Waals surface area contributed by atoms with Gasteiger partial charge in [-0.05, 0) is 26.7 Å². The molecule has 1 aliphatic heterocycles. The van der Waals surface area contributed by atoms with E-state index in [9.17, 15) is 13.2 Å². The van der Waals surface area contributed by atoms with Crippen LogP contribution < -0.4 is 11.1 Å². The maximum Gasteiger partial charge on any atom is 0.241 e. The molecule has 0 aromatic heterocycles. The first kappa shape index (κ1) is 14.7. The number of amides is 1. The van der Waals surface area contributed by atoms with Crippen molar-refractivity contribution in [2.45, 2.75) is 49.6 Å². The van der Waals surface area contributed by atoms with Gasteiger partial charge in [0.05, 0.1) is 12.1 Å². The number of nitrogens with one attached hydrogen (secondary N) is 1. The van der Waals surface area contributed by atoms with Gasteiger partial charge in [0.2, 0.25) is 5.91 Å². The van der Waals surface area contributed by atoms with E-state index in [0.717, 1.165) is 19.1 Å². The molecule has 1 heterocycles. The smallest absolute Gasteiger partial charge is 0.241 e. The number of ether oxygens (including phenoxy) is 1. The average molecular weight is 290 g/mol. The molecule has 2 aliphatic rings. The summed E-state index contributed by atoms with van der Waals surface area (Å²) < 4.78 is 27.4. The topological polar surface area (TPSA) is 98.5 Å². The quantitative estimate of drug-likeness (QED) is 0.725. The second-order valence-electron chi connectivity index (χ2n) is 6.00. The number of hydrogen-bond acceptors (Lipinski definition) is 5. The number of nitrogens with two attached hydrogens (primary N) is 1. The zero-order valence-electron chi connectivity index (χ0n) is 11.5. The second-order valence-corrected chi connectivity index (χ2v) is 8.57. The molecule has 0 aromatic rings. The van der Waals surface area contributed by atoms with Crippen molar-refractivity contribution in [2.75, 3.05) is 12.9 Å². The van der Waals surface area contributed by atoms with Crippen LogP contribution in [0.1, 0.15) is 26.7 Å². The Bertz CT molecular complexity index is 474. The lowest BCUT2D eigenvalue weighted by molar-refractivity contribution is -0.140. The summed E-state index contributed by atoms with van der Waals surface area (Å²) in [5, 5.41) is 2.74. The number of sulfone groups is 1. The molecule has 19 heavy (non-hydrogen) atoms. The first-order valence-corrected chi connectivity index (χ1v) is 8.43. The van der Waals surface area contributed by atoms with Crippen LogP contribution in [0.4, 0.5) is 0 Å². The minimum Gasteiger partial charge on any atom is -0.376 e. The van der Waals surface area contributed by atoms with Gasteiger partial charge in [-0.15, -0.1) is 0 Å². The van der Waals surface area contributed by atoms with E-state index in [0.29, 0.717) is 6.61 Å². The summed E-state index contributed by atoms with van der Waals surface area (Å²) in [7, 11) is -3.47. The number of carbonyl (C=O) groups is 1. The van der Waals surface area contributed by atoms with Crippen molar-refractivity contribution in [1.29, 1.82) is 0 Å². The van der Waals surface area contributed by atoms with Crippen LogP contribution in [0.3, 0.4) is 0 Å². The molecule has 7 heteroatoms. The standard InChI is InChI=1S/C12H22N2O4S/c1-12(2,19(3,16)17)11(15)14-9-8(13)7-5-4-6-18-10(7)9/h7-10H,4-6,13H2,1-3H3,(H,14,15). The van der Waals surface area contributed by atoms with E-state index in [1.165, 1.54) is 13.8 Å². The molecule has 1 saturated carbocycles. The molecular formula is C12H22N2O4S. The molecule has 4 atom stereocenters. The predicted octanol–water partition coefficient (Wildman–Crippen LogP) is -0.569. The highest BCUT2D eigenvalue weighted by Gasteiger charge is 2.52. The van der Waals surface area contributed by atoms with E-state index in [-0.39, 0.29) is 24.1 Å². The zero-order chi connectivity index (χ0) is 14.4. The predicted molar refractivity (Wildman–Crippen MR) is 71.3 cm³/mol. The van der Waals surface area contributed by atoms with E-state index in [1.54, 1.807) is 0 Å². The Hall–Kier alpha value is -0.660. The fraction of sp³-hybridized carbons (Fsp3) is 0.917. The minimum absolute atomic E-state index is 0.0666. The maximum atomic E-state index is 12.1. The van der Waals surface area contributed by atoms with Crippen LogP contribution in [0.5, 0.6) is 0 Å². The van der Waals surface area contributed by atoms with Gasteiger partial charge in [-0.2, -0.15) is 0 Å². The van der Waals surface area contributed by atoms with Crippen LogP contribution in [-0.2, 0) is 19.4 Å². The SMILES string of the molecule is CC(C)(C(=O)NC1C(N)C2CCCOC21)S(C)(=O)=O. The molecule has 4 unspecified atom stereocenters. The first-order chi connectivity index (χ1) is 8.66. The number of hydrogen-bond donors (Lipinski definition) is 2. The first-order valence-electron chi connectivity index (χ1n) is 6.54. The molecule has 6 nitrogen and oxygen atoms in total. The van der Waals surface area contributed by atoms with Gasteiger partial charge >= 0.3 is 0 Å². The summed E-state index contributed by atoms with van der Waals surface area (Å²) in [5.41, 5.74) is 6.03. The van der Waals surface area contributed by atoms with Crippen molar-refractivity contribution in [2.24, 2.45) is 11.7 Å². The summed E-state index contributed by atoms with van der Waals surface area (Å²) in [6.07, 6.45) is 2.99. The summed E-state index contributed by atoms with van der Waals surface area (Å²) in [6, 6.07) is -0.427. The molecule has 2 rings (SSSR count). The van der Waals surface area contributed by atoms with Crippen LogP contribution >= 0.6 is 0 Å². The lowest BCUT2D eigenvalue weighted by Crippen LogP contribution is -2.73. The van der Waals surface area contributed by atoms with Gasteiger partial charge < -0.3 is 15.8 Å². The van der Waals surface area contributed by atoms with Crippen molar-refractivity contribution in [3.05, 3.63) is 0 Å². The normalized spacial score (nSPS) is 35.2. The number of carbonyl (C=O) groups excluding carboxylic acids is 1. The minimum atomic E-state index is -3.47. The van der Waals surface area contributed by atoms with Gasteiger partial charge in [0.1, 0.15) is 4.75 Å². The third-order valence-electron chi connectivity index (χ3n) is 4.45. The lowest BCUT2D eigenvalue weighted by atomic mass is 9.68. The van der Waals surface area contributed by atoms with Crippen molar-refractivity contribution in [1.82, 2.24) is 5.32 Å². The number of rotatable bonds is 3. The maximum absolute atomic E-state index is 12.1. The van der Waals surface area contributed by atoms with E-state index in [4.69, 9.17) is 10.5 Å². The van der Waals surface area contributed by atoms with Crippen molar-refractivity contribution in [3.63, 3.8) is 0 Å². The molecule has 1 saturated heterocycles. The fourth-order valence-corrected chi connectivity index (χ4v) is 3.02. The highest BCUT2D eigenvalue weighted by Crippen LogP contribution is 2.37. The Labute approximate surface area is 114 Å². The monoisotopic (exact) mass is 290 g/mol. The van der Waals surface area contributed by atoms with Crippen LogP contribution in [0.15, 0.2) is 0 Å². The molecule has 0 bridgehead atoms. The van der Waals surface area contributed by atoms with Gasteiger partial charge in [0.15, 0.2) is 9.84 Å². The highest BCUT2D eigenvalue weighted by atomic mass is 32.2. The van der Waals surface area contributed by atoms with Gasteiger partial charge in [0.25, 0.3) is 0 Å². The molecule has 0 spiro atoms. The molecule has 3 N–H and O–H groups in total. The summed E-state index contributed by atoms with van der Waals surface area (Å²) >= 11 is 0. The van der Waals surface area contributed by atoms with Crippen LogP contribution in [0, 0.1) is 5.92 Å². The highest BCUT2D eigenvalue weighted by molar-refractivity contribution is 7.92. The van der Waals surface area contributed by atoms with E-state index in [1.807, 2.05) is 0 Å². The summed E-state index contributed by atoms with van der Waals surface area (Å²) in [5.74, 6) is -0.233. The second kappa shape index (κ2) is 4.71. The Morgan fingerprint density at radius 2 is 2.05 bits per heavy atom. The van der Waals surface area contributed by atoms with Crippen LogP contribution in [-0.4, -0.2) is 50.1 Å². The van der Waals surface area contributed by atoms with Crippen molar-refractivity contribution >= 4 is 15.7 Å².